The lowest BCUT2D eigenvalue weighted by Gasteiger charge is -2.27. The second kappa shape index (κ2) is 5.18. The minimum absolute atomic E-state index is 0.258. The topological polar surface area (TPSA) is 12.0 Å². The molecule has 1 aromatic rings. The van der Waals surface area contributed by atoms with Gasteiger partial charge in [0.25, 0.3) is 0 Å². The number of benzene rings is 1. The monoisotopic (exact) mass is 215 g/mol. The molecule has 0 saturated carbocycles. The summed E-state index contributed by atoms with van der Waals surface area (Å²) in [6.07, 6.45) is 6.53. The van der Waals surface area contributed by atoms with Gasteiger partial charge in [0.05, 0.1) is 5.54 Å². The lowest BCUT2D eigenvalue weighted by molar-refractivity contribution is 0.403. The van der Waals surface area contributed by atoms with Crippen molar-refractivity contribution in [2.24, 2.45) is 0 Å². The summed E-state index contributed by atoms with van der Waals surface area (Å²) in [6.45, 7) is 8.33. The van der Waals surface area contributed by atoms with Crippen LogP contribution in [0.15, 0.2) is 24.3 Å². The number of terminal acetylenes is 1. The maximum absolute atomic E-state index is 5.50. The number of hydrogen-bond donors (Lipinski definition) is 1. The van der Waals surface area contributed by atoms with E-state index in [9.17, 15) is 0 Å². The van der Waals surface area contributed by atoms with Gasteiger partial charge < -0.3 is 0 Å². The Morgan fingerprint density at radius 2 is 1.88 bits per heavy atom. The summed E-state index contributed by atoms with van der Waals surface area (Å²) < 4.78 is 0. The Morgan fingerprint density at radius 1 is 1.31 bits per heavy atom. The molecule has 16 heavy (non-hydrogen) atoms. The van der Waals surface area contributed by atoms with Gasteiger partial charge in [-0.05, 0) is 32.8 Å². The Bertz CT molecular complexity index is 367. The van der Waals surface area contributed by atoms with E-state index in [1.54, 1.807) is 0 Å². The van der Waals surface area contributed by atoms with Crippen LogP contribution in [0, 0.1) is 19.3 Å². The van der Waals surface area contributed by atoms with Crippen molar-refractivity contribution < 1.29 is 0 Å². The highest BCUT2D eigenvalue weighted by atomic mass is 15.0. The third kappa shape index (κ3) is 3.40. The van der Waals surface area contributed by atoms with Crippen LogP contribution in [0.3, 0.4) is 0 Å². The summed E-state index contributed by atoms with van der Waals surface area (Å²) in [4.78, 5) is 0. The van der Waals surface area contributed by atoms with Crippen molar-refractivity contribution >= 4 is 0 Å². The first-order valence-corrected chi connectivity index (χ1v) is 5.80. The summed E-state index contributed by atoms with van der Waals surface area (Å²) in [6, 6.07) is 8.95. The highest BCUT2D eigenvalue weighted by Gasteiger charge is 2.19. The average Bonchev–Trinajstić information content (AvgIpc) is 2.27. The van der Waals surface area contributed by atoms with Crippen LogP contribution in [-0.2, 0) is 0 Å². The van der Waals surface area contributed by atoms with Gasteiger partial charge >= 0.3 is 0 Å². The molecule has 1 rings (SSSR count). The van der Waals surface area contributed by atoms with Crippen molar-refractivity contribution in [1.82, 2.24) is 5.32 Å². The van der Waals surface area contributed by atoms with E-state index in [0.717, 1.165) is 6.42 Å². The SMILES string of the molecule is C#CC(C)(C)NC(CC)c1ccc(C)cc1. The number of hydrogen-bond acceptors (Lipinski definition) is 1. The van der Waals surface area contributed by atoms with E-state index in [0.29, 0.717) is 6.04 Å². The average molecular weight is 215 g/mol. The second-order valence-electron chi connectivity index (χ2n) is 4.79. The van der Waals surface area contributed by atoms with E-state index in [1.807, 2.05) is 13.8 Å². The fraction of sp³-hybridized carbons (Fsp3) is 0.467. The molecule has 1 heteroatoms. The van der Waals surface area contributed by atoms with E-state index in [-0.39, 0.29) is 5.54 Å². The van der Waals surface area contributed by atoms with Crippen LogP contribution in [-0.4, -0.2) is 5.54 Å². The van der Waals surface area contributed by atoms with Crippen LogP contribution in [0.1, 0.15) is 44.4 Å². The molecule has 0 aliphatic heterocycles. The number of aryl methyl sites for hydroxylation is 1. The molecular weight excluding hydrogens is 194 g/mol. The number of nitrogens with one attached hydrogen (secondary N) is 1. The molecule has 0 radical (unpaired) electrons. The predicted octanol–water partition coefficient (Wildman–Crippen LogP) is 3.45. The van der Waals surface area contributed by atoms with Gasteiger partial charge in [-0.25, -0.2) is 0 Å². The quantitative estimate of drug-likeness (QED) is 0.759. The van der Waals surface area contributed by atoms with Gasteiger partial charge in [-0.1, -0.05) is 42.7 Å². The van der Waals surface area contributed by atoms with Gasteiger partial charge in [-0.3, -0.25) is 5.32 Å². The van der Waals surface area contributed by atoms with Crippen molar-refractivity contribution in [1.29, 1.82) is 0 Å². The molecule has 0 aliphatic carbocycles. The Labute approximate surface area is 99.3 Å². The number of rotatable bonds is 4. The van der Waals surface area contributed by atoms with Crippen molar-refractivity contribution in [2.45, 2.75) is 45.7 Å². The largest absolute Gasteiger partial charge is 0.295 e. The lowest BCUT2D eigenvalue weighted by atomic mass is 9.98. The van der Waals surface area contributed by atoms with Crippen molar-refractivity contribution in [3.8, 4) is 12.3 Å². The first kappa shape index (κ1) is 12.8. The molecule has 0 aliphatic rings. The zero-order valence-corrected chi connectivity index (χ0v) is 10.7. The highest BCUT2D eigenvalue weighted by Crippen LogP contribution is 2.20. The molecule has 0 fully saturated rings. The fourth-order valence-electron chi connectivity index (χ4n) is 1.70. The fourth-order valence-corrected chi connectivity index (χ4v) is 1.70. The van der Waals surface area contributed by atoms with Gasteiger partial charge in [0.2, 0.25) is 0 Å². The van der Waals surface area contributed by atoms with Crippen molar-refractivity contribution in [3.05, 3.63) is 35.4 Å². The molecule has 0 amide bonds. The molecule has 86 valence electrons. The Balaban J connectivity index is 2.84. The third-order valence-corrected chi connectivity index (χ3v) is 2.78. The predicted molar refractivity (Wildman–Crippen MR) is 70.3 cm³/mol. The molecular formula is C15H21N. The summed E-state index contributed by atoms with van der Waals surface area (Å²) in [7, 11) is 0. The molecule has 1 atom stereocenters. The van der Waals surface area contributed by atoms with Crippen molar-refractivity contribution in [2.75, 3.05) is 0 Å². The summed E-state index contributed by atoms with van der Waals surface area (Å²) in [5, 5.41) is 3.49. The summed E-state index contributed by atoms with van der Waals surface area (Å²) >= 11 is 0. The summed E-state index contributed by atoms with van der Waals surface area (Å²) in [5.74, 6) is 2.78. The smallest absolute Gasteiger partial charge is 0.0745 e. The highest BCUT2D eigenvalue weighted by molar-refractivity contribution is 5.25. The molecule has 0 bridgehead atoms. The normalized spacial score (nSPS) is 13.2. The van der Waals surface area contributed by atoms with Crippen LogP contribution in [0.5, 0.6) is 0 Å². The van der Waals surface area contributed by atoms with Crippen LogP contribution < -0.4 is 5.32 Å². The molecule has 1 aromatic carbocycles. The molecule has 0 heterocycles. The van der Waals surface area contributed by atoms with E-state index in [1.165, 1.54) is 11.1 Å². The Morgan fingerprint density at radius 3 is 2.31 bits per heavy atom. The van der Waals surface area contributed by atoms with Gasteiger partial charge in [0.1, 0.15) is 0 Å². The second-order valence-corrected chi connectivity index (χ2v) is 4.79. The third-order valence-electron chi connectivity index (χ3n) is 2.78. The minimum atomic E-state index is -0.258. The van der Waals surface area contributed by atoms with E-state index in [4.69, 9.17) is 6.42 Å². The Kier molecular flexibility index (Phi) is 4.15. The van der Waals surface area contributed by atoms with E-state index < -0.39 is 0 Å². The van der Waals surface area contributed by atoms with Crippen LogP contribution in [0.4, 0.5) is 0 Å². The first-order chi connectivity index (χ1) is 7.48. The van der Waals surface area contributed by atoms with Crippen LogP contribution in [0.2, 0.25) is 0 Å². The van der Waals surface area contributed by atoms with Gasteiger partial charge in [-0.2, -0.15) is 0 Å². The van der Waals surface area contributed by atoms with E-state index >= 15 is 0 Å². The first-order valence-electron chi connectivity index (χ1n) is 5.80. The molecule has 0 saturated heterocycles. The van der Waals surface area contributed by atoms with Crippen molar-refractivity contribution in [3.63, 3.8) is 0 Å². The zero-order valence-electron chi connectivity index (χ0n) is 10.7. The van der Waals surface area contributed by atoms with Gasteiger partial charge in [-0.15, -0.1) is 6.42 Å². The molecule has 0 spiro atoms. The minimum Gasteiger partial charge on any atom is -0.295 e. The maximum Gasteiger partial charge on any atom is 0.0745 e. The van der Waals surface area contributed by atoms with Crippen LogP contribution >= 0.6 is 0 Å². The van der Waals surface area contributed by atoms with Gasteiger partial charge in [0, 0.05) is 6.04 Å². The maximum atomic E-state index is 5.50. The van der Waals surface area contributed by atoms with E-state index in [2.05, 4.69) is 49.4 Å². The van der Waals surface area contributed by atoms with Gasteiger partial charge in [0.15, 0.2) is 0 Å². The standard InChI is InChI=1S/C15H21N/c1-6-14(16-15(4,5)7-2)13-10-8-12(3)9-11-13/h2,8-11,14,16H,6H2,1,3-5H3. The zero-order chi connectivity index (χ0) is 12.2. The summed E-state index contributed by atoms with van der Waals surface area (Å²) in [5.41, 5.74) is 2.33. The molecule has 1 nitrogen and oxygen atoms in total. The lowest BCUT2D eigenvalue weighted by Crippen LogP contribution is -2.40. The van der Waals surface area contributed by atoms with Crippen LogP contribution in [0.25, 0.3) is 0 Å². The molecule has 1 N–H and O–H groups in total. The molecule has 0 aromatic heterocycles. The Hall–Kier alpha value is -1.26. The molecule has 1 unspecified atom stereocenters.